The van der Waals surface area contributed by atoms with Crippen LogP contribution in [0.1, 0.15) is 42.4 Å². The normalized spacial score (nSPS) is 17.2. The number of fused-ring (bicyclic) bond motifs is 1. The lowest BCUT2D eigenvalue weighted by molar-refractivity contribution is -0.274. The molecule has 5 aromatic rings. The Balaban J connectivity index is 1.13. The van der Waals surface area contributed by atoms with Crippen LogP contribution in [0.4, 0.5) is 13.2 Å². The minimum Gasteiger partial charge on any atom is -0.405 e. The van der Waals surface area contributed by atoms with E-state index in [1.54, 1.807) is 36.7 Å². The fourth-order valence-electron chi connectivity index (χ4n) is 7.12. The zero-order chi connectivity index (χ0) is 38.0. The van der Waals surface area contributed by atoms with Crippen molar-refractivity contribution in [2.24, 2.45) is 0 Å². The standard InChI is InChI=1S/C40H38ClF3N6O4/c1-23-30(25-14-15-50-35(17-25)47-20-27(39(50)53)19-46-22-29-11-13-37(52)49-29)4-2-5-31(23)33-7-3-6-32(38(33)41)24-8-9-26(34(16-24)54-40(42,43)44)18-45-21-28-10-12-36(51)48-28/h2-9,14-17,20,28-29,45-46H,10-13,18-19,21-22H2,1H3,(H,48,51)(H,49,52)/t28-,29+/m1/s1. The Morgan fingerprint density at radius 2 is 1.43 bits per heavy atom. The number of carbonyl (C=O) groups is 2. The van der Waals surface area contributed by atoms with Gasteiger partial charge in [0.2, 0.25) is 11.8 Å². The summed E-state index contributed by atoms with van der Waals surface area (Å²) in [4.78, 5) is 40.8. The molecule has 2 fully saturated rings. The van der Waals surface area contributed by atoms with Gasteiger partial charge in [0, 0.05) is 85.8 Å². The second-order valence-corrected chi connectivity index (χ2v) is 14.0. The number of halogens is 4. The minimum atomic E-state index is -4.91. The first-order valence-corrected chi connectivity index (χ1v) is 18.1. The second-order valence-electron chi connectivity index (χ2n) is 13.6. The van der Waals surface area contributed by atoms with E-state index in [0.717, 1.165) is 28.7 Å². The van der Waals surface area contributed by atoms with Crippen LogP contribution in [0.25, 0.3) is 39.0 Å². The molecule has 2 atom stereocenters. The Kier molecular flexibility index (Phi) is 10.7. The fraction of sp³-hybridized carbons (Fsp3) is 0.300. The van der Waals surface area contributed by atoms with Gasteiger partial charge in [0.15, 0.2) is 0 Å². The van der Waals surface area contributed by atoms with Gasteiger partial charge in [-0.2, -0.15) is 0 Å². The third-order valence-electron chi connectivity index (χ3n) is 9.90. The van der Waals surface area contributed by atoms with Gasteiger partial charge in [0.25, 0.3) is 5.56 Å². The average Bonchev–Trinajstić information content (AvgIpc) is 3.76. The lowest BCUT2D eigenvalue weighted by atomic mass is 9.91. The number of alkyl halides is 3. The van der Waals surface area contributed by atoms with Crippen LogP contribution >= 0.6 is 11.6 Å². The van der Waals surface area contributed by atoms with E-state index in [9.17, 15) is 27.6 Å². The van der Waals surface area contributed by atoms with E-state index in [-0.39, 0.29) is 41.8 Å². The van der Waals surface area contributed by atoms with Crippen LogP contribution in [0, 0.1) is 6.92 Å². The van der Waals surface area contributed by atoms with Crippen molar-refractivity contribution in [3.63, 3.8) is 0 Å². The molecule has 0 aliphatic carbocycles. The highest BCUT2D eigenvalue weighted by Gasteiger charge is 2.32. The maximum atomic E-state index is 13.5. The smallest absolute Gasteiger partial charge is 0.405 e. The molecule has 2 aromatic heterocycles. The fourth-order valence-corrected chi connectivity index (χ4v) is 7.45. The maximum Gasteiger partial charge on any atom is 0.573 e. The number of aromatic nitrogens is 2. The Hall–Kier alpha value is -5.24. The van der Waals surface area contributed by atoms with Crippen LogP contribution in [0.15, 0.2) is 83.9 Å². The zero-order valence-electron chi connectivity index (χ0n) is 29.4. The summed E-state index contributed by atoms with van der Waals surface area (Å²) in [6.07, 6.45) is 0.744. The van der Waals surface area contributed by atoms with Gasteiger partial charge < -0.3 is 26.0 Å². The van der Waals surface area contributed by atoms with E-state index in [1.807, 2.05) is 43.3 Å². The van der Waals surface area contributed by atoms with Crippen LogP contribution < -0.4 is 31.6 Å². The molecule has 2 amide bonds. The third-order valence-corrected chi connectivity index (χ3v) is 10.3. The van der Waals surface area contributed by atoms with Crippen molar-refractivity contribution < 1.29 is 27.5 Å². The molecule has 2 aliphatic rings. The molecule has 4 N–H and O–H groups in total. The van der Waals surface area contributed by atoms with Crippen molar-refractivity contribution in [2.75, 3.05) is 13.1 Å². The number of hydrogen-bond donors (Lipinski definition) is 4. The van der Waals surface area contributed by atoms with Gasteiger partial charge in [-0.05, 0) is 65.8 Å². The molecule has 280 valence electrons. The van der Waals surface area contributed by atoms with Crippen molar-refractivity contribution in [3.05, 3.63) is 111 Å². The zero-order valence-corrected chi connectivity index (χ0v) is 30.1. The van der Waals surface area contributed by atoms with Gasteiger partial charge in [-0.15, -0.1) is 13.2 Å². The van der Waals surface area contributed by atoms with Gasteiger partial charge in [-0.25, -0.2) is 4.98 Å². The number of nitrogens with one attached hydrogen (secondary N) is 4. The SMILES string of the molecule is Cc1c(-c2ccn3c(=O)c(CNC[C@@H]4CCC(=O)N4)cnc3c2)cccc1-c1cccc(-c2ccc(CNC[C@H]3CCC(=O)N3)c(OC(F)(F)F)c2)c1Cl. The van der Waals surface area contributed by atoms with E-state index < -0.39 is 6.36 Å². The van der Waals surface area contributed by atoms with Gasteiger partial charge in [-0.1, -0.05) is 60.1 Å². The summed E-state index contributed by atoms with van der Waals surface area (Å²) in [5.74, 6) is -0.335. The molecule has 0 spiro atoms. The molecule has 14 heteroatoms. The Morgan fingerprint density at radius 1 is 0.815 bits per heavy atom. The summed E-state index contributed by atoms with van der Waals surface area (Å²) >= 11 is 7.05. The van der Waals surface area contributed by atoms with E-state index in [1.165, 1.54) is 10.5 Å². The molecule has 0 saturated carbocycles. The molecular weight excluding hydrogens is 721 g/mol. The number of benzene rings is 3. The number of ether oxygens (including phenoxy) is 1. The van der Waals surface area contributed by atoms with Crippen LogP contribution in [0.5, 0.6) is 5.75 Å². The summed E-state index contributed by atoms with van der Waals surface area (Å²) in [7, 11) is 0. The molecule has 0 unspecified atom stereocenters. The first kappa shape index (κ1) is 37.1. The van der Waals surface area contributed by atoms with Crippen molar-refractivity contribution in [1.82, 2.24) is 30.7 Å². The lowest BCUT2D eigenvalue weighted by Crippen LogP contribution is -2.36. The first-order chi connectivity index (χ1) is 25.9. The Bertz CT molecular complexity index is 2300. The first-order valence-electron chi connectivity index (χ1n) is 17.7. The molecule has 4 heterocycles. The summed E-state index contributed by atoms with van der Waals surface area (Å²) in [6.45, 7) is 3.38. The number of rotatable bonds is 12. The quantitative estimate of drug-likeness (QED) is 0.118. The van der Waals surface area contributed by atoms with Crippen LogP contribution in [-0.4, -0.2) is 52.7 Å². The molecule has 0 bridgehead atoms. The molecular formula is C40H38ClF3N6O4. The maximum absolute atomic E-state index is 13.5. The Morgan fingerprint density at radius 3 is 2.07 bits per heavy atom. The largest absolute Gasteiger partial charge is 0.573 e. The predicted octanol–water partition coefficient (Wildman–Crippen LogP) is 6.29. The molecule has 0 radical (unpaired) electrons. The number of amides is 2. The molecule has 54 heavy (non-hydrogen) atoms. The van der Waals surface area contributed by atoms with Crippen molar-refractivity contribution in [2.45, 2.75) is 64.1 Å². The summed E-state index contributed by atoms with van der Waals surface area (Å²) in [5.41, 5.74) is 6.27. The highest BCUT2D eigenvalue weighted by Crippen LogP contribution is 2.41. The van der Waals surface area contributed by atoms with Gasteiger partial charge in [-0.3, -0.25) is 18.8 Å². The highest BCUT2D eigenvalue weighted by molar-refractivity contribution is 6.36. The van der Waals surface area contributed by atoms with Crippen LogP contribution in [0.3, 0.4) is 0 Å². The molecule has 7 rings (SSSR count). The van der Waals surface area contributed by atoms with Crippen molar-refractivity contribution in [3.8, 4) is 39.1 Å². The van der Waals surface area contributed by atoms with E-state index in [4.69, 9.17) is 11.6 Å². The summed E-state index contributed by atoms with van der Waals surface area (Å²) < 4.78 is 46.6. The molecule has 2 aliphatic heterocycles. The van der Waals surface area contributed by atoms with E-state index in [2.05, 4.69) is 31.0 Å². The Labute approximate surface area is 314 Å². The van der Waals surface area contributed by atoms with Crippen molar-refractivity contribution >= 4 is 29.1 Å². The number of pyridine rings is 1. The average molecular weight is 759 g/mol. The van der Waals surface area contributed by atoms with Crippen LogP contribution in [0.2, 0.25) is 5.02 Å². The topological polar surface area (TPSA) is 126 Å². The lowest BCUT2D eigenvalue weighted by Gasteiger charge is -2.18. The summed E-state index contributed by atoms with van der Waals surface area (Å²) in [5, 5.41) is 12.5. The van der Waals surface area contributed by atoms with Crippen molar-refractivity contribution in [1.29, 1.82) is 0 Å². The van der Waals surface area contributed by atoms with Gasteiger partial charge in [0.05, 0.1) is 5.02 Å². The van der Waals surface area contributed by atoms with E-state index >= 15 is 0 Å². The molecule has 3 aromatic carbocycles. The predicted molar refractivity (Wildman–Crippen MR) is 200 cm³/mol. The molecule has 10 nitrogen and oxygen atoms in total. The number of hydrogen-bond acceptors (Lipinski definition) is 7. The minimum absolute atomic E-state index is 0.0370. The number of nitrogens with zero attached hydrogens (tertiary/aromatic N) is 2. The monoisotopic (exact) mass is 758 g/mol. The van der Waals surface area contributed by atoms with Gasteiger partial charge >= 0.3 is 6.36 Å². The highest BCUT2D eigenvalue weighted by atomic mass is 35.5. The summed E-state index contributed by atoms with van der Waals surface area (Å²) in [6, 6.07) is 19.6. The second kappa shape index (κ2) is 15.6. The van der Waals surface area contributed by atoms with Crippen LogP contribution in [-0.2, 0) is 22.7 Å². The van der Waals surface area contributed by atoms with E-state index in [0.29, 0.717) is 77.4 Å². The number of carbonyl (C=O) groups excluding carboxylic acids is 2. The third kappa shape index (κ3) is 8.28. The molecule has 2 saturated heterocycles. The van der Waals surface area contributed by atoms with Gasteiger partial charge in [0.1, 0.15) is 11.4 Å².